The van der Waals surface area contributed by atoms with Crippen LogP contribution in [0.1, 0.15) is 41.0 Å². The number of nitrogens with one attached hydrogen (secondary N) is 3. The van der Waals surface area contributed by atoms with Crippen LogP contribution in [-0.2, 0) is 0 Å². The summed E-state index contributed by atoms with van der Waals surface area (Å²) in [4.78, 5) is 24.6. The van der Waals surface area contributed by atoms with Crippen molar-refractivity contribution in [2.45, 2.75) is 26.3 Å². The molecule has 0 bridgehead atoms. The number of amides is 2. The van der Waals surface area contributed by atoms with Crippen LogP contribution in [0.25, 0.3) is 0 Å². The van der Waals surface area contributed by atoms with Gasteiger partial charge in [-0.2, -0.15) is 0 Å². The number of carbonyl (C=O) groups excluding carboxylic acids is 2. The van der Waals surface area contributed by atoms with Crippen molar-refractivity contribution in [1.82, 2.24) is 10.6 Å². The maximum atomic E-state index is 12.4. The van der Waals surface area contributed by atoms with Crippen molar-refractivity contribution in [3.63, 3.8) is 0 Å². The first-order chi connectivity index (χ1) is 12.4. The van der Waals surface area contributed by atoms with E-state index in [2.05, 4.69) is 16.0 Å². The second kappa shape index (κ2) is 9.31. The Labute approximate surface area is 163 Å². The predicted molar refractivity (Wildman–Crippen MR) is 109 cm³/mol. The van der Waals surface area contributed by atoms with E-state index in [1.807, 2.05) is 13.8 Å². The summed E-state index contributed by atoms with van der Waals surface area (Å²) in [6.45, 7) is 3.93. The molecule has 0 saturated heterocycles. The first-order valence-corrected chi connectivity index (χ1v) is 8.97. The standard InChI is InChI=1S/C19H20ClN3O2S/c1-3-12(2)21-18(25)15-9-4-5-10-16(15)22-19(26)23-17(24)13-7-6-8-14(20)11-13/h4-12H,3H2,1-2H3,(H,21,25)(H2,22,23,24,26). The molecule has 2 amide bonds. The molecule has 26 heavy (non-hydrogen) atoms. The van der Waals surface area contributed by atoms with E-state index in [-0.39, 0.29) is 23.0 Å². The van der Waals surface area contributed by atoms with Gasteiger partial charge in [0.1, 0.15) is 0 Å². The number of anilines is 1. The van der Waals surface area contributed by atoms with Crippen LogP contribution in [-0.4, -0.2) is 23.0 Å². The van der Waals surface area contributed by atoms with Gasteiger partial charge in [0.2, 0.25) is 0 Å². The number of thiocarbonyl (C=S) groups is 1. The number of benzene rings is 2. The topological polar surface area (TPSA) is 70.2 Å². The van der Waals surface area contributed by atoms with Gasteiger partial charge in [-0.15, -0.1) is 0 Å². The van der Waals surface area contributed by atoms with Crippen LogP contribution < -0.4 is 16.0 Å². The summed E-state index contributed by atoms with van der Waals surface area (Å²) in [7, 11) is 0. The summed E-state index contributed by atoms with van der Waals surface area (Å²) in [5, 5.41) is 8.95. The summed E-state index contributed by atoms with van der Waals surface area (Å²) in [5.41, 5.74) is 1.36. The van der Waals surface area contributed by atoms with Crippen molar-refractivity contribution in [3.8, 4) is 0 Å². The second-order valence-electron chi connectivity index (χ2n) is 5.75. The molecule has 0 spiro atoms. The Hall–Kier alpha value is -2.44. The van der Waals surface area contributed by atoms with E-state index in [0.717, 1.165) is 6.42 Å². The smallest absolute Gasteiger partial charge is 0.257 e. The largest absolute Gasteiger partial charge is 0.350 e. The van der Waals surface area contributed by atoms with Crippen LogP contribution in [0.3, 0.4) is 0 Å². The highest BCUT2D eigenvalue weighted by Crippen LogP contribution is 2.16. The minimum Gasteiger partial charge on any atom is -0.350 e. The molecule has 2 aromatic rings. The monoisotopic (exact) mass is 389 g/mol. The third-order valence-electron chi connectivity index (χ3n) is 3.72. The van der Waals surface area contributed by atoms with Gasteiger partial charge in [0.25, 0.3) is 11.8 Å². The van der Waals surface area contributed by atoms with Gasteiger partial charge in [0, 0.05) is 16.6 Å². The summed E-state index contributed by atoms with van der Waals surface area (Å²) in [6, 6.07) is 13.6. The van der Waals surface area contributed by atoms with Crippen molar-refractivity contribution in [2.75, 3.05) is 5.32 Å². The van der Waals surface area contributed by atoms with Crippen molar-refractivity contribution in [1.29, 1.82) is 0 Å². The Kier molecular flexibility index (Phi) is 7.12. The van der Waals surface area contributed by atoms with Gasteiger partial charge in [0.05, 0.1) is 11.3 Å². The Morgan fingerprint density at radius 2 is 1.85 bits per heavy atom. The van der Waals surface area contributed by atoms with Gasteiger partial charge in [-0.05, 0) is 55.9 Å². The third kappa shape index (κ3) is 5.54. The molecule has 0 aliphatic carbocycles. The van der Waals surface area contributed by atoms with Gasteiger partial charge in [-0.1, -0.05) is 36.7 Å². The van der Waals surface area contributed by atoms with E-state index >= 15 is 0 Å². The van der Waals surface area contributed by atoms with Gasteiger partial charge in [0.15, 0.2) is 5.11 Å². The summed E-state index contributed by atoms with van der Waals surface area (Å²) in [6.07, 6.45) is 0.829. The molecule has 0 aliphatic rings. The van der Waals surface area contributed by atoms with Crippen LogP contribution >= 0.6 is 23.8 Å². The second-order valence-corrected chi connectivity index (χ2v) is 6.59. The van der Waals surface area contributed by atoms with Crippen molar-refractivity contribution < 1.29 is 9.59 Å². The van der Waals surface area contributed by atoms with Crippen molar-refractivity contribution in [2.24, 2.45) is 0 Å². The molecule has 136 valence electrons. The van der Waals surface area contributed by atoms with Gasteiger partial charge in [-0.3, -0.25) is 14.9 Å². The minimum atomic E-state index is -0.383. The predicted octanol–water partition coefficient (Wildman–Crippen LogP) is 4.00. The van der Waals surface area contributed by atoms with E-state index < -0.39 is 0 Å². The van der Waals surface area contributed by atoms with E-state index in [1.54, 1.807) is 48.5 Å². The molecule has 2 aromatic carbocycles. The lowest BCUT2D eigenvalue weighted by molar-refractivity contribution is 0.0938. The molecule has 5 nitrogen and oxygen atoms in total. The van der Waals surface area contributed by atoms with Gasteiger partial charge >= 0.3 is 0 Å². The van der Waals surface area contributed by atoms with E-state index in [0.29, 0.717) is 21.8 Å². The number of halogens is 1. The zero-order chi connectivity index (χ0) is 19.1. The maximum Gasteiger partial charge on any atom is 0.257 e. The number of hydrogen-bond acceptors (Lipinski definition) is 3. The fraction of sp³-hybridized carbons (Fsp3) is 0.211. The Balaban J connectivity index is 2.07. The van der Waals surface area contributed by atoms with Crippen LogP contribution in [0.4, 0.5) is 5.69 Å². The van der Waals surface area contributed by atoms with Gasteiger partial charge in [-0.25, -0.2) is 0 Å². The van der Waals surface area contributed by atoms with Crippen LogP contribution in [0, 0.1) is 0 Å². The molecule has 2 rings (SSSR count). The highest BCUT2D eigenvalue weighted by Gasteiger charge is 2.15. The van der Waals surface area contributed by atoms with Crippen LogP contribution in [0.5, 0.6) is 0 Å². The molecular formula is C19H20ClN3O2S. The quantitative estimate of drug-likeness (QED) is 0.676. The van der Waals surface area contributed by atoms with E-state index in [1.165, 1.54) is 0 Å². The fourth-order valence-electron chi connectivity index (χ4n) is 2.15. The molecule has 0 aliphatic heterocycles. The first-order valence-electron chi connectivity index (χ1n) is 8.18. The average Bonchev–Trinajstić information content (AvgIpc) is 2.61. The number of carbonyl (C=O) groups is 2. The molecule has 1 unspecified atom stereocenters. The lowest BCUT2D eigenvalue weighted by Crippen LogP contribution is -2.36. The minimum absolute atomic E-state index is 0.0602. The molecule has 0 fully saturated rings. The Morgan fingerprint density at radius 3 is 2.54 bits per heavy atom. The van der Waals surface area contributed by atoms with Crippen molar-refractivity contribution >= 4 is 46.4 Å². The van der Waals surface area contributed by atoms with Crippen LogP contribution in [0.15, 0.2) is 48.5 Å². The Bertz CT molecular complexity index is 826. The molecule has 3 N–H and O–H groups in total. The number of rotatable bonds is 5. The molecule has 0 aromatic heterocycles. The summed E-state index contributed by atoms with van der Waals surface area (Å²) >= 11 is 11.1. The molecule has 0 radical (unpaired) electrons. The maximum absolute atomic E-state index is 12.4. The number of para-hydroxylation sites is 1. The lowest BCUT2D eigenvalue weighted by atomic mass is 10.1. The van der Waals surface area contributed by atoms with Crippen LogP contribution in [0.2, 0.25) is 5.02 Å². The molecule has 0 heterocycles. The fourth-order valence-corrected chi connectivity index (χ4v) is 2.55. The third-order valence-corrected chi connectivity index (χ3v) is 4.16. The summed E-state index contributed by atoms with van der Waals surface area (Å²) in [5.74, 6) is -0.585. The zero-order valence-corrected chi connectivity index (χ0v) is 16.1. The Morgan fingerprint density at radius 1 is 1.12 bits per heavy atom. The highest BCUT2D eigenvalue weighted by molar-refractivity contribution is 7.80. The molecule has 1 atom stereocenters. The van der Waals surface area contributed by atoms with Gasteiger partial charge < -0.3 is 10.6 Å². The van der Waals surface area contributed by atoms with E-state index in [4.69, 9.17) is 23.8 Å². The lowest BCUT2D eigenvalue weighted by Gasteiger charge is -2.16. The summed E-state index contributed by atoms with van der Waals surface area (Å²) < 4.78 is 0. The zero-order valence-electron chi connectivity index (χ0n) is 14.5. The first kappa shape index (κ1) is 19.9. The molecule has 7 heteroatoms. The number of hydrogen-bond donors (Lipinski definition) is 3. The molecule has 0 saturated carbocycles. The SMILES string of the molecule is CCC(C)NC(=O)c1ccccc1NC(=S)NC(=O)c1cccc(Cl)c1. The highest BCUT2D eigenvalue weighted by atomic mass is 35.5. The molecular weight excluding hydrogens is 370 g/mol. The van der Waals surface area contributed by atoms with Crippen molar-refractivity contribution in [3.05, 3.63) is 64.7 Å². The normalized spacial score (nSPS) is 11.3. The average molecular weight is 390 g/mol. The van der Waals surface area contributed by atoms with E-state index in [9.17, 15) is 9.59 Å².